The van der Waals surface area contributed by atoms with E-state index in [4.69, 9.17) is 4.74 Å². The molecule has 4 aliphatic heterocycles. The quantitative estimate of drug-likeness (QED) is 0.704. The van der Waals surface area contributed by atoms with E-state index in [2.05, 4.69) is 9.97 Å². The van der Waals surface area contributed by atoms with Crippen LogP contribution in [0.1, 0.15) is 16.8 Å². The lowest BCUT2D eigenvalue weighted by Gasteiger charge is -2.33. The molecule has 7 heteroatoms. The Morgan fingerprint density at radius 2 is 2.10 bits per heavy atom. The first-order valence-corrected chi connectivity index (χ1v) is 10.9. The maximum Gasteiger partial charge on any atom is 0.230 e. The molecule has 6 rings (SSSR count). The van der Waals surface area contributed by atoms with Gasteiger partial charge in [0.05, 0.1) is 24.5 Å². The summed E-state index contributed by atoms with van der Waals surface area (Å²) in [5, 5.41) is 0. The van der Waals surface area contributed by atoms with E-state index in [9.17, 15) is 9.59 Å². The summed E-state index contributed by atoms with van der Waals surface area (Å²) < 4.78 is 6.29. The number of carbonyl (C=O) groups excluding carboxylic acids is 2. The van der Waals surface area contributed by atoms with Gasteiger partial charge < -0.3 is 14.5 Å². The molecule has 2 aromatic rings. The number of amides is 2. The summed E-state index contributed by atoms with van der Waals surface area (Å²) in [5.41, 5.74) is 2.64. The Morgan fingerprint density at radius 1 is 1.23 bits per heavy atom. The molecule has 4 aliphatic rings. The number of hydrogen-bond acceptors (Lipinski definition) is 5. The van der Waals surface area contributed by atoms with Crippen LogP contribution >= 0.6 is 0 Å². The van der Waals surface area contributed by atoms with E-state index in [1.165, 1.54) is 0 Å². The third-order valence-electron chi connectivity index (χ3n) is 7.16. The minimum atomic E-state index is -0.657. The lowest BCUT2D eigenvalue weighted by molar-refractivity contribution is -0.143. The highest BCUT2D eigenvalue weighted by Gasteiger charge is 2.67. The van der Waals surface area contributed by atoms with Crippen molar-refractivity contribution < 1.29 is 14.3 Å². The van der Waals surface area contributed by atoms with E-state index in [-0.39, 0.29) is 17.9 Å². The number of nitrogens with zero attached hydrogens (tertiary/aromatic N) is 4. The highest BCUT2D eigenvalue weighted by Crippen LogP contribution is 2.52. The summed E-state index contributed by atoms with van der Waals surface area (Å²) in [6.45, 7) is 2.32. The maximum atomic E-state index is 13.6. The van der Waals surface area contributed by atoms with Gasteiger partial charge in [0.2, 0.25) is 11.8 Å². The van der Waals surface area contributed by atoms with Crippen molar-refractivity contribution in [1.29, 1.82) is 0 Å². The fourth-order valence-electron chi connectivity index (χ4n) is 5.63. The predicted molar refractivity (Wildman–Crippen MR) is 112 cm³/mol. The van der Waals surface area contributed by atoms with E-state index in [0.29, 0.717) is 26.2 Å². The number of likely N-dealkylation sites (tertiary alicyclic amines) is 1. The molecule has 31 heavy (non-hydrogen) atoms. The average molecular weight is 416 g/mol. The normalized spacial score (nSPS) is 30.6. The third-order valence-corrected chi connectivity index (χ3v) is 7.16. The number of hydrogen-bond donors (Lipinski definition) is 0. The highest BCUT2D eigenvalue weighted by atomic mass is 16.5. The zero-order chi connectivity index (χ0) is 21.0. The average Bonchev–Trinajstić information content (AvgIpc) is 3.45. The van der Waals surface area contributed by atoms with Crippen LogP contribution in [0.4, 0.5) is 0 Å². The van der Waals surface area contributed by atoms with Gasteiger partial charge in [-0.05, 0) is 35.7 Å². The lowest BCUT2D eigenvalue weighted by atomic mass is 9.76. The SMILES string of the molecule is O=C(C1C2C=CC3(CN(CCc4ccncc4)C(=O)C13)O2)N1CCc2ncccc2C1. The minimum Gasteiger partial charge on any atom is -0.360 e. The molecule has 2 aromatic heterocycles. The molecule has 1 spiro atoms. The zero-order valence-corrected chi connectivity index (χ0v) is 17.2. The van der Waals surface area contributed by atoms with Crippen LogP contribution in [0.2, 0.25) is 0 Å². The number of carbonyl (C=O) groups is 2. The molecular weight excluding hydrogens is 392 g/mol. The first-order chi connectivity index (χ1) is 15.1. The van der Waals surface area contributed by atoms with Gasteiger partial charge in [-0.15, -0.1) is 0 Å². The van der Waals surface area contributed by atoms with Gasteiger partial charge in [0.15, 0.2) is 0 Å². The van der Waals surface area contributed by atoms with E-state index in [1.807, 2.05) is 46.2 Å². The van der Waals surface area contributed by atoms with Crippen LogP contribution in [0.5, 0.6) is 0 Å². The van der Waals surface area contributed by atoms with E-state index in [1.54, 1.807) is 18.6 Å². The first-order valence-electron chi connectivity index (χ1n) is 10.9. The van der Waals surface area contributed by atoms with Crippen molar-refractivity contribution in [2.24, 2.45) is 11.8 Å². The van der Waals surface area contributed by atoms with E-state index in [0.717, 1.165) is 29.7 Å². The summed E-state index contributed by atoms with van der Waals surface area (Å²) in [5.74, 6) is -0.803. The van der Waals surface area contributed by atoms with E-state index >= 15 is 0 Å². The van der Waals surface area contributed by atoms with Crippen molar-refractivity contribution in [3.05, 3.63) is 71.8 Å². The second-order valence-electron chi connectivity index (χ2n) is 8.88. The number of pyridine rings is 2. The number of rotatable bonds is 4. The molecule has 0 aromatic carbocycles. The fraction of sp³-hybridized carbons (Fsp3) is 0.417. The van der Waals surface area contributed by atoms with Gasteiger partial charge >= 0.3 is 0 Å². The van der Waals surface area contributed by atoms with Crippen LogP contribution in [0.15, 0.2) is 55.0 Å². The molecule has 2 bridgehead atoms. The van der Waals surface area contributed by atoms with Crippen molar-refractivity contribution in [1.82, 2.24) is 19.8 Å². The van der Waals surface area contributed by atoms with E-state index < -0.39 is 17.4 Å². The van der Waals surface area contributed by atoms with Gasteiger partial charge in [0, 0.05) is 50.3 Å². The van der Waals surface area contributed by atoms with Crippen molar-refractivity contribution >= 4 is 11.8 Å². The molecule has 2 saturated heterocycles. The predicted octanol–water partition coefficient (Wildman–Crippen LogP) is 1.39. The summed E-state index contributed by atoms with van der Waals surface area (Å²) in [6, 6.07) is 7.88. The van der Waals surface area contributed by atoms with Gasteiger partial charge in [0.1, 0.15) is 5.60 Å². The van der Waals surface area contributed by atoms with Crippen LogP contribution in [0, 0.1) is 11.8 Å². The van der Waals surface area contributed by atoms with Crippen molar-refractivity contribution in [3.63, 3.8) is 0 Å². The monoisotopic (exact) mass is 416 g/mol. The van der Waals surface area contributed by atoms with Crippen molar-refractivity contribution in [2.75, 3.05) is 19.6 Å². The second kappa shape index (κ2) is 6.99. The lowest BCUT2D eigenvalue weighted by Crippen LogP contribution is -2.47. The molecule has 0 saturated carbocycles. The topological polar surface area (TPSA) is 75.6 Å². The minimum absolute atomic E-state index is 0.0278. The first kappa shape index (κ1) is 18.7. The van der Waals surface area contributed by atoms with Gasteiger partial charge in [-0.2, -0.15) is 0 Å². The van der Waals surface area contributed by atoms with Crippen molar-refractivity contribution in [2.45, 2.75) is 31.1 Å². The fourth-order valence-corrected chi connectivity index (χ4v) is 5.63. The molecule has 0 N–H and O–H groups in total. The summed E-state index contributed by atoms with van der Waals surface area (Å²) >= 11 is 0. The zero-order valence-electron chi connectivity index (χ0n) is 17.2. The Morgan fingerprint density at radius 3 is 2.97 bits per heavy atom. The Hall–Kier alpha value is -3.06. The molecule has 0 aliphatic carbocycles. The van der Waals surface area contributed by atoms with Crippen molar-refractivity contribution in [3.8, 4) is 0 Å². The third kappa shape index (κ3) is 2.91. The molecule has 4 unspecified atom stereocenters. The smallest absolute Gasteiger partial charge is 0.230 e. The number of ether oxygens (including phenoxy) is 1. The molecule has 0 radical (unpaired) electrons. The maximum absolute atomic E-state index is 13.6. The van der Waals surface area contributed by atoms with Gasteiger partial charge in [0.25, 0.3) is 0 Å². The summed E-state index contributed by atoms with van der Waals surface area (Å²) in [4.78, 5) is 39.2. The molecule has 2 amide bonds. The Bertz CT molecular complexity index is 1070. The standard InChI is InChI=1S/C24H24N4O3/c29-22(27-13-7-18-17(14-27)2-1-9-26-18)20-19-3-8-24(31-19)15-28(23(30)21(20)24)12-6-16-4-10-25-11-5-16/h1-5,8-11,19-21H,6-7,12-15H2. The largest absolute Gasteiger partial charge is 0.360 e. The summed E-state index contributed by atoms with van der Waals surface area (Å²) in [6.07, 6.45) is 10.5. The Labute approximate surface area is 180 Å². The van der Waals surface area contributed by atoms with Crippen LogP contribution in [0.3, 0.4) is 0 Å². The van der Waals surface area contributed by atoms with Crippen LogP contribution in [-0.4, -0.2) is 62.9 Å². The van der Waals surface area contributed by atoms with Gasteiger partial charge in [-0.3, -0.25) is 19.6 Å². The van der Waals surface area contributed by atoms with Gasteiger partial charge in [-0.25, -0.2) is 0 Å². The Kier molecular flexibility index (Phi) is 4.21. The number of fused-ring (bicyclic) bond motifs is 2. The van der Waals surface area contributed by atoms with Crippen LogP contribution < -0.4 is 0 Å². The molecule has 7 nitrogen and oxygen atoms in total. The second-order valence-corrected chi connectivity index (χ2v) is 8.88. The number of aromatic nitrogens is 2. The molecule has 158 valence electrons. The van der Waals surface area contributed by atoms with Crippen LogP contribution in [0.25, 0.3) is 0 Å². The molecule has 4 atom stereocenters. The van der Waals surface area contributed by atoms with Crippen LogP contribution in [-0.2, 0) is 33.7 Å². The van der Waals surface area contributed by atoms with Gasteiger partial charge in [-0.1, -0.05) is 18.2 Å². The Balaban J connectivity index is 1.21. The molecule has 2 fully saturated rings. The molecular formula is C24H24N4O3. The highest BCUT2D eigenvalue weighted by molar-refractivity contribution is 5.93. The summed E-state index contributed by atoms with van der Waals surface area (Å²) in [7, 11) is 0. The molecule has 6 heterocycles.